The number of amides is 1. The lowest BCUT2D eigenvalue weighted by Crippen LogP contribution is -2.30. The Morgan fingerprint density at radius 1 is 1.36 bits per heavy atom. The zero-order chi connectivity index (χ0) is 16.5. The molecule has 0 bridgehead atoms. The van der Waals surface area contributed by atoms with Crippen LogP contribution in [0, 0.1) is 6.92 Å². The van der Waals surface area contributed by atoms with Crippen LogP contribution in [0.2, 0.25) is 4.34 Å². The lowest BCUT2D eigenvalue weighted by Gasteiger charge is -2.17. The van der Waals surface area contributed by atoms with Crippen LogP contribution < -0.4 is 0 Å². The molecule has 120 valence electrons. The van der Waals surface area contributed by atoms with Crippen molar-refractivity contribution in [3.05, 3.63) is 27.0 Å². The molecule has 3 nitrogen and oxygen atoms in total. The Morgan fingerprint density at radius 2 is 2.05 bits per heavy atom. The minimum absolute atomic E-state index is 0.351. The zero-order valence-electron chi connectivity index (χ0n) is 11.7. The van der Waals surface area contributed by atoms with E-state index in [1.165, 1.54) is 18.4 Å². The fourth-order valence-corrected chi connectivity index (χ4v) is 3.86. The van der Waals surface area contributed by atoms with Crippen LogP contribution in [0.1, 0.15) is 21.8 Å². The molecule has 0 aromatic carbocycles. The Kier molecular flexibility index (Phi) is 5.14. The fraction of sp³-hybridized carbons (Fsp3) is 0.385. The van der Waals surface area contributed by atoms with Crippen molar-refractivity contribution in [2.75, 3.05) is 13.6 Å². The summed E-state index contributed by atoms with van der Waals surface area (Å²) in [6.45, 7) is 1.29. The highest BCUT2D eigenvalue weighted by Gasteiger charge is 2.29. The predicted molar refractivity (Wildman–Crippen MR) is 82.8 cm³/mol. The minimum Gasteiger partial charge on any atom is -0.341 e. The number of hydrogen-bond acceptors (Lipinski definition) is 4. The molecule has 0 fully saturated rings. The molecule has 0 saturated carbocycles. The Hall–Kier alpha value is -1.12. The average molecular weight is 369 g/mol. The summed E-state index contributed by atoms with van der Waals surface area (Å²) in [5.41, 5.74) is 0.508. The molecule has 22 heavy (non-hydrogen) atoms. The van der Waals surface area contributed by atoms with Crippen LogP contribution in [0.5, 0.6) is 0 Å². The van der Waals surface area contributed by atoms with Crippen LogP contribution in [0.4, 0.5) is 13.2 Å². The Labute approximate surface area is 138 Å². The third kappa shape index (κ3) is 4.21. The van der Waals surface area contributed by atoms with Gasteiger partial charge in [0.2, 0.25) is 0 Å². The van der Waals surface area contributed by atoms with Crippen molar-refractivity contribution in [3.63, 3.8) is 0 Å². The number of carbonyl (C=O) groups is 1. The molecule has 0 aliphatic heterocycles. The summed E-state index contributed by atoms with van der Waals surface area (Å²) in [4.78, 5) is 18.8. The number of aryl methyl sites for hydroxylation is 1. The van der Waals surface area contributed by atoms with Gasteiger partial charge in [-0.25, -0.2) is 4.98 Å². The highest BCUT2D eigenvalue weighted by atomic mass is 35.5. The van der Waals surface area contributed by atoms with Crippen molar-refractivity contribution in [1.82, 2.24) is 9.88 Å². The first-order valence-electron chi connectivity index (χ1n) is 6.23. The largest absolute Gasteiger partial charge is 0.390 e. The van der Waals surface area contributed by atoms with Crippen LogP contribution >= 0.6 is 34.3 Å². The number of carbonyl (C=O) groups excluding carboxylic acids is 1. The number of thiophene rings is 1. The maximum Gasteiger partial charge on any atom is 0.390 e. The third-order valence-corrected chi connectivity index (χ3v) is 5.40. The molecule has 0 aliphatic carbocycles. The normalized spacial score (nSPS) is 11.7. The third-order valence-electron chi connectivity index (χ3n) is 2.85. The minimum atomic E-state index is -4.28. The van der Waals surface area contributed by atoms with Crippen molar-refractivity contribution >= 4 is 40.2 Å². The molecule has 9 heteroatoms. The van der Waals surface area contributed by atoms with E-state index in [0.29, 0.717) is 19.9 Å². The van der Waals surface area contributed by atoms with Crippen molar-refractivity contribution in [2.24, 2.45) is 0 Å². The van der Waals surface area contributed by atoms with Gasteiger partial charge in [0.1, 0.15) is 9.88 Å². The maximum atomic E-state index is 12.2. The maximum absolute atomic E-state index is 12.2. The first-order chi connectivity index (χ1) is 10.2. The standard InChI is InChI=1S/C13H12ClF3N2OS2/c1-7-10(12(20)19(2)6-5-13(15,16)17)22-11(18-7)8-3-4-9(14)21-8/h3-4H,5-6H2,1-2H3. The van der Waals surface area contributed by atoms with Gasteiger partial charge in [-0.1, -0.05) is 11.6 Å². The molecule has 2 aromatic rings. The van der Waals surface area contributed by atoms with Gasteiger partial charge in [0.25, 0.3) is 5.91 Å². The van der Waals surface area contributed by atoms with Gasteiger partial charge in [-0.2, -0.15) is 13.2 Å². The lowest BCUT2D eigenvalue weighted by atomic mass is 10.3. The first kappa shape index (κ1) is 17.2. The summed E-state index contributed by atoms with van der Waals surface area (Å²) in [7, 11) is 1.36. The molecule has 0 unspecified atom stereocenters. The Bertz CT molecular complexity index is 681. The van der Waals surface area contributed by atoms with Gasteiger partial charge in [0.05, 0.1) is 21.3 Å². The summed E-state index contributed by atoms with van der Waals surface area (Å²) >= 11 is 8.37. The molecule has 2 rings (SSSR count). The summed E-state index contributed by atoms with van der Waals surface area (Å²) in [5, 5.41) is 0.641. The van der Waals surface area contributed by atoms with Crippen LogP contribution in [-0.2, 0) is 0 Å². The van der Waals surface area contributed by atoms with Crippen molar-refractivity contribution in [2.45, 2.75) is 19.5 Å². The summed E-state index contributed by atoms with van der Waals surface area (Å²) in [5.74, 6) is -0.451. The number of nitrogens with zero attached hydrogens (tertiary/aromatic N) is 2. The van der Waals surface area contributed by atoms with Gasteiger partial charge < -0.3 is 4.90 Å². The fourth-order valence-electron chi connectivity index (χ4n) is 1.70. The van der Waals surface area contributed by atoms with E-state index in [-0.39, 0.29) is 6.54 Å². The monoisotopic (exact) mass is 368 g/mol. The van der Waals surface area contributed by atoms with E-state index >= 15 is 0 Å². The van der Waals surface area contributed by atoms with E-state index in [2.05, 4.69) is 4.98 Å². The van der Waals surface area contributed by atoms with Gasteiger partial charge in [0.15, 0.2) is 0 Å². The molecule has 0 saturated heterocycles. The van der Waals surface area contributed by atoms with Gasteiger partial charge >= 0.3 is 6.18 Å². The van der Waals surface area contributed by atoms with E-state index in [9.17, 15) is 18.0 Å². The van der Waals surface area contributed by atoms with E-state index in [1.807, 2.05) is 0 Å². The molecule has 0 aliphatic rings. The summed E-state index contributed by atoms with van der Waals surface area (Å²) in [6, 6.07) is 3.53. The Balaban J connectivity index is 2.15. The molecular weight excluding hydrogens is 357 g/mol. The second-order valence-corrected chi connectivity index (χ2v) is 7.34. The van der Waals surface area contributed by atoms with E-state index in [1.54, 1.807) is 19.1 Å². The van der Waals surface area contributed by atoms with E-state index < -0.39 is 18.5 Å². The molecule has 1 amide bonds. The van der Waals surface area contributed by atoms with Gasteiger partial charge in [0, 0.05) is 13.6 Å². The molecular formula is C13H12ClF3N2OS2. The SMILES string of the molecule is Cc1nc(-c2ccc(Cl)s2)sc1C(=O)N(C)CCC(F)(F)F. The topological polar surface area (TPSA) is 33.2 Å². The second kappa shape index (κ2) is 6.55. The number of thiazole rings is 1. The molecule has 0 N–H and O–H groups in total. The van der Waals surface area contributed by atoms with Crippen molar-refractivity contribution < 1.29 is 18.0 Å². The number of rotatable bonds is 4. The predicted octanol–water partition coefficient (Wildman–Crippen LogP) is 4.86. The lowest BCUT2D eigenvalue weighted by molar-refractivity contribution is -0.136. The second-order valence-electron chi connectivity index (χ2n) is 4.63. The van der Waals surface area contributed by atoms with E-state index in [0.717, 1.165) is 21.1 Å². The van der Waals surface area contributed by atoms with Crippen LogP contribution in [0.3, 0.4) is 0 Å². The van der Waals surface area contributed by atoms with Crippen molar-refractivity contribution in [3.8, 4) is 9.88 Å². The number of hydrogen-bond donors (Lipinski definition) is 0. The summed E-state index contributed by atoms with van der Waals surface area (Å²) in [6.07, 6.45) is -5.31. The van der Waals surface area contributed by atoms with Crippen molar-refractivity contribution in [1.29, 1.82) is 0 Å². The molecule has 2 heterocycles. The van der Waals surface area contributed by atoms with Crippen LogP contribution in [-0.4, -0.2) is 35.6 Å². The number of alkyl halides is 3. The van der Waals surface area contributed by atoms with E-state index in [4.69, 9.17) is 11.6 Å². The first-order valence-corrected chi connectivity index (χ1v) is 8.24. The Morgan fingerprint density at radius 3 is 2.59 bits per heavy atom. The number of halogens is 4. The number of aromatic nitrogens is 1. The molecule has 0 radical (unpaired) electrons. The zero-order valence-corrected chi connectivity index (χ0v) is 14.1. The quantitative estimate of drug-likeness (QED) is 0.772. The summed E-state index contributed by atoms with van der Waals surface area (Å²) < 4.78 is 37.3. The highest BCUT2D eigenvalue weighted by Crippen LogP contribution is 2.35. The average Bonchev–Trinajstić information content (AvgIpc) is 3.00. The molecule has 0 spiro atoms. The molecule has 2 aromatic heterocycles. The van der Waals surface area contributed by atoms with Crippen LogP contribution in [0.15, 0.2) is 12.1 Å². The van der Waals surface area contributed by atoms with Gasteiger partial charge in [-0.15, -0.1) is 22.7 Å². The van der Waals surface area contributed by atoms with Gasteiger partial charge in [-0.05, 0) is 19.1 Å². The molecule has 0 atom stereocenters. The van der Waals surface area contributed by atoms with Gasteiger partial charge in [-0.3, -0.25) is 4.79 Å². The highest BCUT2D eigenvalue weighted by molar-refractivity contribution is 7.24. The van der Waals surface area contributed by atoms with Crippen LogP contribution in [0.25, 0.3) is 9.88 Å². The smallest absolute Gasteiger partial charge is 0.341 e.